The SMILES string of the molecule is CC(C)c1ccc([C@@H]2C(=C(O)c3ccc4c(c3)C[C@@H](C)O4)C(=O)C(=O)N2c2nnc(SCc3cccc4ccccc34)s2)cc1. The fourth-order valence-electron chi connectivity index (χ4n) is 6.05. The highest BCUT2D eigenvalue weighted by atomic mass is 32.2. The molecule has 0 unspecified atom stereocenters. The third kappa shape index (κ3) is 5.40. The number of carbonyl (C=O) groups excluding carboxylic acids is 2. The van der Waals surface area contributed by atoms with Gasteiger partial charge in [-0.15, -0.1) is 10.2 Å². The Kier molecular flexibility index (Phi) is 7.67. The molecule has 5 aromatic rings. The van der Waals surface area contributed by atoms with Crippen molar-refractivity contribution in [3.05, 3.63) is 118 Å². The van der Waals surface area contributed by atoms with Gasteiger partial charge in [0.1, 0.15) is 17.6 Å². The Balaban J connectivity index is 1.26. The Morgan fingerprint density at radius 3 is 2.60 bits per heavy atom. The minimum atomic E-state index is -0.862. The number of aliphatic hydroxyl groups excluding tert-OH is 1. The number of aromatic nitrogens is 2. The van der Waals surface area contributed by atoms with Gasteiger partial charge in [0.25, 0.3) is 5.78 Å². The molecule has 45 heavy (non-hydrogen) atoms. The van der Waals surface area contributed by atoms with Crippen molar-refractivity contribution in [1.29, 1.82) is 0 Å². The molecule has 2 aliphatic heterocycles. The molecule has 1 N–H and O–H groups in total. The van der Waals surface area contributed by atoms with E-state index in [0.29, 0.717) is 38.7 Å². The predicted octanol–water partition coefficient (Wildman–Crippen LogP) is 8.06. The third-order valence-corrected chi connectivity index (χ3v) is 10.5. The molecule has 0 aliphatic carbocycles. The molecule has 7 nitrogen and oxygen atoms in total. The lowest BCUT2D eigenvalue weighted by atomic mass is 9.93. The monoisotopic (exact) mass is 633 g/mol. The Bertz CT molecular complexity index is 1980. The van der Waals surface area contributed by atoms with Crippen LogP contribution in [0.1, 0.15) is 60.5 Å². The molecule has 1 amide bonds. The summed E-state index contributed by atoms with van der Waals surface area (Å²) in [5.41, 5.74) is 4.47. The molecule has 1 saturated heterocycles. The topological polar surface area (TPSA) is 92.6 Å². The first-order chi connectivity index (χ1) is 21.8. The highest BCUT2D eigenvalue weighted by Gasteiger charge is 2.48. The van der Waals surface area contributed by atoms with E-state index in [1.807, 2.05) is 55.5 Å². The van der Waals surface area contributed by atoms with Gasteiger partial charge in [0.2, 0.25) is 5.13 Å². The van der Waals surface area contributed by atoms with Gasteiger partial charge in [-0.2, -0.15) is 0 Å². The minimum Gasteiger partial charge on any atom is -0.507 e. The van der Waals surface area contributed by atoms with Crippen LogP contribution in [0.5, 0.6) is 5.75 Å². The maximum atomic E-state index is 13.7. The van der Waals surface area contributed by atoms with E-state index in [4.69, 9.17) is 4.74 Å². The van der Waals surface area contributed by atoms with Crippen LogP contribution in [0.15, 0.2) is 94.8 Å². The second-order valence-corrected chi connectivity index (χ2v) is 13.9. The van der Waals surface area contributed by atoms with Gasteiger partial charge >= 0.3 is 5.91 Å². The van der Waals surface area contributed by atoms with Gasteiger partial charge in [-0.05, 0) is 64.1 Å². The van der Waals surface area contributed by atoms with Crippen LogP contribution in [0.25, 0.3) is 16.5 Å². The fourth-order valence-corrected chi connectivity index (χ4v) is 7.92. The second kappa shape index (κ2) is 11.8. The maximum absolute atomic E-state index is 13.7. The summed E-state index contributed by atoms with van der Waals surface area (Å²) < 4.78 is 6.51. The summed E-state index contributed by atoms with van der Waals surface area (Å²) in [5.74, 6) is 0.0418. The molecule has 1 fully saturated rings. The summed E-state index contributed by atoms with van der Waals surface area (Å²) in [7, 11) is 0. The number of hydrogen-bond acceptors (Lipinski definition) is 8. The van der Waals surface area contributed by atoms with Crippen LogP contribution < -0.4 is 9.64 Å². The first-order valence-electron chi connectivity index (χ1n) is 14.9. The first kappa shape index (κ1) is 29.3. The zero-order valence-corrected chi connectivity index (χ0v) is 26.7. The van der Waals surface area contributed by atoms with Crippen molar-refractivity contribution < 1.29 is 19.4 Å². The van der Waals surface area contributed by atoms with Crippen molar-refractivity contribution in [2.75, 3.05) is 4.90 Å². The summed E-state index contributed by atoms with van der Waals surface area (Å²) in [6.45, 7) is 6.21. The largest absolute Gasteiger partial charge is 0.507 e. The number of ether oxygens (including phenoxy) is 1. The minimum absolute atomic E-state index is 0.0318. The van der Waals surface area contributed by atoms with Gasteiger partial charge in [0, 0.05) is 17.7 Å². The fraction of sp³-hybridized carbons (Fsp3) is 0.222. The molecule has 226 valence electrons. The summed E-state index contributed by atoms with van der Waals surface area (Å²) in [6.07, 6.45) is 0.738. The summed E-state index contributed by atoms with van der Waals surface area (Å²) >= 11 is 2.80. The van der Waals surface area contributed by atoms with Gasteiger partial charge in [0.15, 0.2) is 4.34 Å². The highest BCUT2D eigenvalue weighted by molar-refractivity contribution is 8.00. The molecule has 2 atom stereocenters. The van der Waals surface area contributed by atoms with Crippen LogP contribution in [0.3, 0.4) is 0 Å². The van der Waals surface area contributed by atoms with Gasteiger partial charge in [0.05, 0.1) is 11.6 Å². The molecule has 2 aliphatic rings. The highest BCUT2D eigenvalue weighted by Crippen LogP contribution is 2.45. The summed E-state index contributed by atoms with van der Waals surface area (Å²) in [4.78, 5) is 28.8. The van der Waals surface area contributed by atoms with Gasteiger partial charge < -0.3 is 9.84 Å². The zero-order chi connectivity index (χ0) is 31.2. The Hall–Kier alpha value is -4.47. The van der Waals surface area contributed by atoms with E-state index in [0.717, 1.165) is 16.9 Å². The van der Waals surface area contributed by atoms with Crippen molar-refractivity contribution >= 4 is 56.5 Å². The van der Waals surface area contributed by atoms with Gasteiger partial charge in [-0.3, -0.25) is 14.5 Å². The number of Topliss-reactive ketones (excluding diaryl/α,β-unsaturated/α-hetero) is 1. The lowest BCUT2D eigenvalue weighted by Crippen LogP contribution is -2.29. The molecule has 0 saturated carbocycles. The molecule has 7 rings (SSSR count). The number of anilines is 1. The molecule has 4 aromatic carbocycles. The molecule has 0 spiro atoms. The Morgan fingerprint density at radius 2 is 1.80 bits per heavy atom. The number of hydrogen-bond donors (Lipinski definition) is 1. The lowest BCUT2D eigenvalue weighted by molar-refractivity contribution is -0.132. The van der Waals surface area contributed by atoms with Crippen LogP contribution in [0.4, 0.5) is 5.13 Å². The van der Waals surface area contributed by atoms with Crippen LogP contribution in [0, 0.1) is 0 Å². The van der Waals surface area contributed by atoms with Crippen molar-refractivity contribution in [1.82, 2.24) is 10.2 Å². The average Bonchev–Trinajstić information content (AvgIpc) is 3.74. The molecular formula is C36H31N3O4S2. The second-order valence-electron chi connectivity index (χ2n) is 11.7. The number of aliphatic hydroxyl groups is 1. The van der Waals surface area contributed by atoms with Crippen LogP contribution in [-0.2, 0) is 21.8 Å². The van der Waals surface area contributed by atoms with Gasteiger partial charge in [-0.1, -0.05) is 104 Å². The first-order valence-corrected chi connectivity index (χ1v) is 16.7. The Morgan fingerprint density at radius 1 is 1.02 bits per heavy atom. The average molecular weight is 634 g/mol. The number of nitrogens with zero attached hydrogens (tertiary/aromatic N) is 3. The number of rotatable bonds is 7. The number of ketones is 1. The van der Waals surface area contributed by atoms with Gasteiger partial charge in [-0.25, -0.2) is 0 Å². The van der Waals surface area contributed by atoms with E-state index < -0.39 is 17.7 Å². The van der Waals surface area contributed by atoms with Crippen molar-refractivity contribution in [2.24, 2.45) is 0 Å². The zero-order valence-electron chi connectivity index (χ0n) is 25.1. The van der Waals surface area contributed by atoms with Crippen molar-refractivity contribution in [3.63, 3.8) is 0 Å². The normalized spacial score (nSPS) is 19.0. The van der Waals surface area contributed by atoms with Crippen molar-refractivity contribution in [2.45, 2.75) is 55.3 Å². The molecule has 1 aromatic heterocycles. The van der Waals surface area contributed by atoms with Crippen LogP contribution in [-0.4, -0.2) is 33.1 Å². The molecular weight excluding hydrogens is 603 g/mol. The third-order valence-electron chi connectivity index (χ3n) is 8.37. The van der Waals surface area contributed by atoms with E-state index in [2.05, 4.69) is 48.3 Å². The van der Waals surface area contributed by atoms with E-state index >= 15 is 0 Å². The van der Waals surface area contributed by atoms with E-state index in [1.54, 1.807) is 12.1 Å². The molecule has 9 heteroatoms. The van der Waals surface area contributed by atoms with E-state index in [9.17, 15) is 14.7 Å². The number of benzene rings is 4. The number of carbonyl (C=O) groups is 2. The summed E-state index contributed by atoms with van der Waals surface area (Å²) in [5, 5.41) is 23.1. The standard InChI is InChI=1S/C36H31N3O4S2/c1-20(2)22-11-13-24(14-12-22)31-30(32(40)25-15-16-29-27(18-25)17-21(3)43-29)33(41)34(42)39(31)35-37-38-36(45-35)44-19-26-9-6-8-23-7-4-5-10-28(23)26/h4-16,18,20-21,31,40H,17,19H2,1-3H3/t21-,31-/m1/s1. The molecule has 0 bridgehead atoms. The molecule has 0 radical (unpaired) electrons. The van der Waals surface area contributed by atoms with Crippen LogP contribution >= 0.6 is 23.1 Å². The van der Waals surface area contributed by atoms with Crippen LogP contribution in [0.2, 0.25) is 0 Å². The van der Waals surface area contributed by atoms with E-state index in [-0.39, 0.29) is 17.4 Å². The quantitative estimate of drug-likeness (QED) is 0.0637. The number of fused-ring (bicyclic) bond motifs is 2. The van der Waals surface area contributed by atoms with Crippen molar-refractivity contribution in [3.8, 4) is 5.75 Å². The Labute approximate surface area is 269 Å². The number of amides is 1. The lowest BCUT2D eigenvalue weighted by Gasteiger charge is -2.23. The predicted molar refractivity (Wildman–Crippen MR) is 179 cm³/mol. The molecule has 3 heterocycles. The smallest absolute Gasteiger partial charge is 0.301 e. The summed E-state index contributed by atoms with van der Waals surface area (Å²) in [6, 6.07) is 26.8. The number of thioether (sulfide) groups is 1. The van der Waals surface area contributed by atoms with E-state index in [1.165, 1.54) is 44.3 Å². The maximum Gasteiger partial charge on any atom is 0.301 e.